The molecule has 0 aliphatic carbocycles. The van der Waals surface area contributed by atoms with E-state index in [2.05, 4.69) is 148 Å². The molecule has 0 amide bonds. The van der Waals surface area contributed by atoms with Crippen molar-refractivity contribution in [3.05, 3.63) is 134 Å². The Morgan fingerprint density at radius 2 is 0.826 bits per heavy atom. The first-order valence-corrected chi connectivity index (χ1v) is 27.9. The lowest BCUT2D eigenvalue weighted by atomic mass is 10.1. The van der Waals surface area contributed by atoms with Crippen molar-refractivity contribution in [1.82, 2.24) is 0 Å². The molecule has 9 nitrogen and oxygen atoms in total. The van der Waals surface area contributed by atoms with Crippen LogP contribution in [0, 0.1) is 0 Å². The Morgan fingerprint density at radius 1 is 0.464 bits per heavy atom. The molecule has 0 aromatic rings. The Kier molecular flexibility index (Phi) is 46.4. The average Bonchev–Trinajstić information content (AvgIpc) is 3.31. The summed E-state index contributed by atoms with van der Waals surface area (Å²) >= 11 is 0. The van der Waals surface area contributed by atoms with Crippen LogP contribution in [0.4, 0.5) is 0 Å². The van der Waals surface area contributed by atoms with E-state index in [0.717, 1.165) is 135 Å². The van der Waals surface area contributed by atoms with Crippen LogP contribution in [0.2, 0.25) is 0 Å². The van der Waals surface area contributed by atoms with E-state index in [4.69, 9.17) is 18.5 Å². The molecule has 0 aliphatic rings. The summed E-state index contributed by atoms with van der Waals surface area (Å²) < 4.78 is 33.7. The summed E-state index contributed by atoms with van der Waals surface area (Å²) in [5.41, 5.74) is 0. The summed E-state index contributed by atoms with van der Waals surface area (Å²) in [6.45, 7) is 3.98. The maximum absolute atomic E-state index is 12.7. The zero-order valence-electron chi connectivity index (χ0n) is 43.9. The fourth-order valence-corrected chi connectivity index (χ4v) is 7.09. The largest absolute Gasteiger partial charge is 0.756 e. The number of carbonyl (C=O) groups is 2. The molecule has 0 spiro atoms. The zero-order valence-corrected chi connectivity index (χ0v) is 44.8. The van der Waals surface area contributed by atoms with Gasteiger partial charge in [0.2, 0.25) is 0 Å². The smallest absolute Gasteiger partial charge is 0.306 e. The van der Waals surface area contributed by atoms with Crippen LogP contribution in [0.15, 0.2) is 134 Å². The summed E-state index contributed by atoms with van der Waals surface area (Å²) in [5.74, 6) is -0.878. The van der Waals surface area contributed by atoms with E-state index in [1.54, 1.807) is 0 Å². The van der Waals surface area contributed by atoms with Gasteiger partial charge in [0, 0.05) is 12.8 Å². The number of carbonyl (C=O) groups excluding carboxylic acids is 2. The van der Waals surface area contributed by atoms with Gasteiger partial charge in [0.15, 0.2) is 6.10 Å². The number of hydrogen-bond donors (Lipinski definition) is 0. The standard InChI is InChI=1S/C59H96NO8P/c1-6-8-10-12-14-15-16-17-18-19-20-21-22-23-24-25-26-27-28-29-30-31-32-33-34-35-36-37-38-39-40-41-42-43-44-45-46-48-50-52-59(62)68-57(55-65-58(61)51-49-47-13-11-9-7-2)56-67-69(63,64)66-54-53-60(3,4)5/h8,10,14-15,17-18,20-21,23-24,26-27,29-30,32-33,35-36,38-39,41-42,57H,6-7,9,11-13,16,19,22,25,28,31,34,37,40,43-56H2,1-5H3/b10-8-,15-14-,18-17-,21-20-,24-23-,27-26-,30-29-,33-32-,36-35-,39-38-,42-41-. The summed E-state index contributed by atoms with van der Waals surface area (Å²) in [6, 6.07) is 0. The first kappa shape index (κ1) is 65.1. The third kappa shape index (κ3) is 53.4. The minimum atomic E-state index is -4.63. The van der Waals surface area contributed by atoms with Gasteiger partial charge in [-0.15, -0.1) is 0 Å². The molecular formula is C59H96NO8P. The van der Waals surface area contributed by atoms with Crippen LogP contribution >= 0.6 is 7.82 Å². The molecule has 10 heteroatoms. The van der Waals surface area contributed by atoms with Gasteiger partial charge in [-0.05, 0) is 96.3 Å². The molecule has 69 heavy (non-hydrogen) atoms. The topological polar surface area (TPSA) is 111 Å². The number of quaternary nitrogens is 1. The number of allylic oxidation sites excluding steroid dienone is 22. The summed E-state index contributed by atoms with van der Waals surface area (Å²) in [6.07, 6.45) is 71.1. The summed E-state index contributed by atoms with van der Waals surface area (Å²) in [5, 5.41) is 0. The van der Waals surface area contributed by atoms with E-state index in [-0.39, 0.29) is 26.1 Å². The lowest BCUT2D eigenvalue weighted by molar-refractivity contribution is -0.870. The molecule has 0 saturated carbocycles. The van der Waals surface area contributed by atoms with Gasteiger partial charge in [0.05, 0.1) is 27.7 Å². The predicted octanol–water partition coefficient (Wildman–Crippen LogP) is 15.6. The van der Waals surface area contributed by atoms with Crippen molar-refractivity contribution in [3.8, 4) is 0 Å². The summed E-state index contributed by atoms with van der Waals surface area (Å²) in [4.78, 5) is 37.3. The van der Waals surface area contributed by atoms with Crippen molar-refractivity contribution in [3.63, 3.8) is 0 Å². The van der Waals surface area contributed by atoms with Crippen LogP contribution in [0.1, 0.15) is 174 Å². The maximum Gasteiger partial charge on any atom is 0.306 e. The normalized spacial score (nSPS) is 14.5. The van der Waals surface area contributed by atoms with Crippen molar-refractivity contribution in [2.24, 2.45) is 0 Å². The van der Waals surface area contributed by atoms with Crippen LogP contribution in [0.25, 0.3) is 0 Å². The number of likely N-dealkylation sites (N-methyl/N-ethyl adjacent to an activating group) is 1. The number of ether oxygens (including phenoxy) is 2. The van der Waals surface area contributed by atoms with Gasteiger partial charge >= 0.3 is 11.9 Å². The molecule has 390 valence electrons. The number of phosphoric acid groups is 1. The highest BCUT2D eigenvalue weighted by Gasteiger charge is 2.21. The fraction of sp³-hybridized carbons (Fsp3) is 0.593. The Hall–Kier alpha value is -3.85. The molecule has 0 radical (unpaired) electrons. The Bertz CT molecular complexity index is 1620. The second-order valence-corrected chi connectivity index (χ2v) is 19.6. The van der Waals surface area contributed by atoms with Gasteiger partial charge in [-0.25, -0.2) is 0 Å². The van der Waals surface area contributed by atoms with Crippen molar-refractivity contribution in [1.29, 1.82) is 0 Å². The third-order valence-electron chi connectivity index (χ3n) is 10.4. The van der Waals surface area contributed by atoms with Crippen molar-refractivity contribution in [2.45, 2.75) is 180 Å². The van der Waals surface area contributed by atoms with Gasteiger partial charge in [-0.2, -0.15) is 0 Å². The lowest BCUT2D eigenvalue weighted by Gasteiger charge is -2.28. The van der Waals surface area contributed by atoms with Gasteiger partial charge in [0.25, 0.3) is 7.82 Å². The molecule has 0 aliphatic heterocycles. The SMILES string of the molecule is CC/C=C\C/C=C\C/C=C\C/C=C\C/C=C\C/C=C\C/C=C\C/C=C\C/C=C\C/C=C\C/C=C\CCCCCCCC(=O)OC(COC(=O)CCCCCCCC)COP(=O)([O-])OCC[N+](C)(C)C. The van der Waals surface area contributed by atoms with E-state index in [1.807, 2.05) is 21.1 Å². The van der Waals surface area contributed by atoms with E-state index in [9.17, 15) is 19.0 Å². The average molecular weight is 978 g/mol. The number of esters is 2. The predicted molar refractivity (Wildman–Crippen MR) is 291 cm³/mol. The molecule has 0 bridgehead atoms. The Morgan fingerprint density at radius 3 is 1.23 bits per heavy atom. The highest BCUT2D eigenvalue weighted by Crippen LogP contribution is 2.38. The van der Waals surface area contributed by atoms with Gasteiger partial charge in [-0.3, -0.25) is 14.2 Å². The van der Waals surface area contributed by atoms with Crippen molar-refractivity contribution < 1.29 is 42.1 Å². The minimum Gasteiger partial charge on any atom is -0.756 e. The van der Waals surface area contributed by atoms with Gasteiger partial charge < -0.3 is 27.9 Å². The molecule has 0 N–H and O–H groups in total. The molecule has 0 heterocycles. The van der Waals surface area contributed by atoms with Crippen LogP contribution < -0.4 is 4.89 Å². The molecule has 2 atom stereocenters. The molecular weight excluding hydrogens is 882 g/mol. The van der Waals surface area contributed by atoms with Crippen molar-refractivity contribution >= 4 is 19.8 Å². The van der Waals surface area contributed by atoms with Gasteiger partial charge in [-0.1, -0.05) is 199 Å². The molecule has 2 unspecified atom stereocenters. The summed E-state index contributed by atoms with van der Waals surface area (Å²) in [7, 11) is 1.13. The van der Waals surface area contributed by atoms with E-state index < -0.39 is 32.5 Å². The number of rotatable bonds is 46. The van der Waals surface area contributed by atoms with E-state index in [1.165, 1.54) is 6.42 Å². The first-order chi connectivity index (χ1) is 33.5. The van der Waals surface area contributed by atoms with Crippen LogP contribution in [-0.4, -0.2) is 70.0 Å². The molecule has 0 aromatic carbocycles. The van der Waals surface area contributed by atoms with Crippen LogP contribution in [0.5, 0.6) is 0 Å². The highest BCUT2D eigenvalue weighted by atomic mass is 31.2. The minimum absolute atomic E-state index is 0.0413. The quantitative estimate of drug-likeness (QED) is 0.0195. The third-order valence-corrected chi connectivity index (χ3v) is 11.4. The van der Waals surface area contributed by atoms with E-state index in [0.29, 0.717) is 17.4 Å². The van der Waals surface area contributed by atoms with Crippen LogP contribution in [-0.2, 0) is 32.7 Å². The number of hydrogen-bond acceptors (Lipinski definition) is 8. The molecule has 0 saturated heterocycles. The second kappa shape index (κ2) is 49.1. The van der Waals surface area contributed by atoms with Gasteiger partial charge in [0.1, 0.15) is 19.8 Å². The Labute approximate surface area is 421 Å². The molecule has 0 aromatic heterocycles. The van der Waals surface area contributed by atoms with Crippen LogP contribution in [0.3, 0.4) is 0 Å². The number of nitrogens with zero attached hydrogens (tertiary/aromatic N) is 1. The monoisotopic (exact) mass is 978 g/mol. The molecule has 0 rings (SSSR count). The number of phosphoric ester groups is 1. The highest BCUT2D eigenvalue weighted by molar-refractivity contribution is 7.45. The fourth-order valence-electron chi connectivity index (χ4n) is 6.36. The molecule has 0 fully saturated rings. The maximum atomic E-state index is 12.7. The van der Waals surface area contributed by atoms with Crippen molar-refractivity contribution in [2.75, 3.05) is 47.5 Å². The number of unbranched alkanes of at least 4 members (excludes halogenated alkanes) is 10. The Balaban J connectivity index is 4.08. The zero-order chi connectivity index (χ0) is 50.6. The van der Waals surface area contributed by atoms with E-state index >= 15 is 0 Å². The second-order valence-electron chi connectivity index (χ2n) is 18.2. The first-order valence-electron chi connectivity index (χ1n) is 26.4. The lowest BCUT2D eigenvalue weighted by Crippen LogP contribution is -2.37.